The maximum atomic E-state index is 12.5. The first-order chi connectivity index (χ1) is 11.9. The van der Waals surface area contributed by atoms with Crippen LogP contribution in [-0.2, 0) is 36.2 Å². The van der Waals surface area contributed by atoms with Crippen LogP contribution >= 0.6 is 16.5 Å². The van der Waals surface area contributed by atoms with E-state index in [-0.39, 0.29) is 17.1 Å². The number of Topliss-reactive ketones (excluding diaryl/α,β-unsaturated/α-hetero) is 1. The van der Waals surface area contributed by atoms with Gasteiger partial charge in [-0.1, -0.05) is 0 Å². The third-order valence-electron chi connectivity index (χ3n) is 3.76. The molecule has 1 aliphatic rings. The van der Waals surface area contributed by atoms with Gasteiger partial charge in [0.05, 0.1) is 0 Å². The summed E-state index contributed by atoms with van der Waals surface area (Å²) >= 11 is -1.64. The number of carbonyl (C=O) groups is 3. The predicted molar refractivity (Wildman–Crippen MR) is 92.4 cm³/mol. The molecule has 2 rings (SSSR count). The Labute approximate surface area is 164 Å². The number of β-lactam (4-membered cyclic amide) rings is 1. The van der Waals surface area contributed by atoms with Gasteiger partial charge in [-0.15, -0.1) is 0 Å². The number of hydrogen-bond donors (Lipinski definition) is 1. The molecule has 1 saturated heterocycles. The van der Waals surface area contributed by atoms with E-state index < -0.39 is 46.5 Å². The monoisotopic (exact) mass is 570 g/mol. The summed E-state index contributed by atoms with van der Waals surface area (Å²) in [5.41, 5.74) is 6.71. The minimum absolute atomic E-state index is 0.315. The molecule has 1 fully saturated rings. The fourth-order valence-corrected chi connectivity index (χ4v) is 12.5. The van der Waals surface area contributed by atoms with Crippen LogP contribution in [0, 0.1) is 0 Å². The average molecular weight is 569 g/mol. The summed E-state index contributed by atoms with van der Waals surface area (Å²) in [4.78, 5) is 38.0. The zero-order valence-electron chi connectivity index (χ0n) is 13.7. The molecule has 1 aromatic carbocycles. The van der Waals surface area contributed by atoms with E-state index >= 15 is 0 Å². The van der Waals surface area contributed by atoms with Crippen LogP contribution < -0.4 is 5.73 Å². The van der Waals surface area contributed by atoms with E-state index in [1.807, 2.05) is 0 Å². The van der Waals surface area contributed by atoms with E-state index in [4.69, 9.17) is 18.7 Å². The summed E-state index contributed by atoms with van der Waals surface area (Å²) in [5, 5.41) is -0.328. The van der Waals surface area contributed by atoms with Crippen LogP contribution in [0.25, 0.3) is 0 Å². The van der Waals surface area contributed by atoms with E-state index in [1.54, 1.807) is 37.3 Å². The van der Waals surface area contributed by atoms with Crippen LogP contribution in [0.4, 0.5) is 0 Å². The number of benzene rings is 1. The van der Waals surface area contributed by atoms with E-state index in [0.717, 1.165) is 0 Å². The molecule has 6 nitrogen and oxygen atoms in total. The van der Waals surface area contributed by atoms with Crippen LogP contribution in [0.1, 0.15) is 17.3 Å². The zero-order chi connectivity index (χ0) is 18.6. The molecule has 0 aliphatic carbocycles. The molecule has 2 N–H and O–H groups in total. The first-order valence-electron chi connectivity index (χ1n) is 7.54. The predicted octanol–water partition coefficient (Wildman–Crippen LogP) is 1.74. The summed E-state index contributed by atoms with van der Waals surface area (Å²) in [6.07, 6.45) is 0. The fraction of sp³-hybridized carbons (Fsp3) is 0.312. The number of likely N-dealkylation sites (tertiary alicyclic amines) is 1. The fourth-order valence-electron chi connectivity index (χ4n) is 2.51. The molecule has 9 heteroatoms. The molecule has 0 bridgehead atoms. The van der Waals surface area contributed by atoms with Crippen molar-refractivity contribution >= 4 is 34.2 Å². The summed E-state index contributed by atoms with van der Waals surface area (Å²) in [7, 11) is 7.40. The van der Waals surface area contributed by atoms with Crippen molar-refractivity contribution in [1.29, 1.82) is 0 Å². The second kappa shape index (κ2) is 9.16. The quantitative estimate of drug-likeness (QED) is 0.169. The van der Waals surface area contributed by atoms with E-state index in [1.165, 1.54) is 13.1 Å². The molecule has 130 valence electrons. The van der Waals surface area contributed by atoms with E-state index in [2.05, 4.69) is 6.58 Å². The van der Waals surface area contributed by atoms with Crippen LogP contribution in [0.15, 0.2) is 42.5 Å². The molecule has 1 amide bonds. The Kier molecular flexibility index (Phi) is 7.48. The van der Waals surface area contributed by atoms with Gasteiger partial charge in [-0.2, -0.15) is 0 Å². The van der Waals surface area contributed by atoms with Crippen LogP contribution in [0.2, 0.25) is 0 Å². The number of amides is 1. The first kappa shape index (κ1) is 20.4. The molecule has 3 unspecified atom stereocenters. The van der Waals surface area contributed by atoms with Crippen molar-refractivity contribution in [3.63, 3.8) is 0 Å². The SMILES string of the molecule is C=C(C)C(C(=O)OCC(=O)c1ccccc1)N1C(=O)C(N)C1[S][Hg][Cl]. The first-order valence-corrected chi connectivity index (χ1v) is 22.1. The second-order valence-electron chi connectivity index (χ2n) is 5.58. The normalized spacial score (nSPS) is 20.3. The number of carbonyl (C=O) groups excluding carboxylic acids is 3. The van der Waals surface area contributed by atoms with Crippen molar-refractivity contribution in [2.45, 2.75) is 24.4 Å². The molecule has 0 aromatic heterocycles. The molecule has 1 aromatic rings. The van der Waals surface area contributed by atoms with Gasteiger partial charge in [0.15, 0.2) is 0 Å². The Morgan fingerprint density at radius 2 is 2.08 bits per heavy atom. The average Bonchev–Trinajstić information content (AvgIpc) is 2.62. The Balaban J connectivity index is 2.05. The van der Waals surface area contributed by atoms with Crippen molar-refractivity contribution in [2.24, 2.45) is 5.73 Å². The third kappa shape index (κ3) is 4.64. The number of nitrogens with two attached hydrogens (primary N) is 1. The Hall–Kier alpha value is -0.895. The molecule has 0 saturated carbocycles. The van der Waals surface area contributed by atoms with Gasteiger partial charge >= 0.3 is 165 Å². The molecule has 0 radical (unpaired) electrons. The van der Waals surface area contributed by atoms with Gasteiger partial charge in [-0.3, -0.25) is 0 Å². The number of halogens is 1. The Morgan fingerprint density at radius 3 is 2.64 bits per heavy atom. The van der Waals surface area contributed by atoms with Gasteiger partial charge in [0.1, 0.15) is 0 Å². The number of esters is 1. The third-order valence-corrected chi connectivity index (χ3v) is 13.5. The van der Waals surface area contributed by atoms with Gasteiger partial charge in [0.2, 0.25) is 0 Å². The number of ketones is 1. The minimum atomic E-state index is -1.64. The number of rotatable bonds is 8. The topological polar surface area (TPSA) is 89.7 Å². The van der Waals surface area contributed by atoms with E-state index in [0.29, 0.717) is 11.1 Å². The summed E-state index contributed by atoms with van der Waals surface area (Å²) in [6.45, 7) is 5.01. The molecule has 1 aliphatic heterocycles. The van der Waals surface area contributed by atoms with E-state index in [9.17, 15) is 14.4 Å². The standard InChI is InChI=1S/C16H18N2O4S.ClH.Hg/c1-9(2)13(18-14(20)12(17)15(18)23)16(21)22-8-11(19)10-6-4-3-5-7-10;;/h3-7,12-13,15,23H,1,8,17H2,2H3;1H;/q;;+2/p-2. The van der Waals surface area contributed by atoms with Gasteiger partial charge in [0.25, 0.3) is 0 Å². The van der Waals surface area contributed by atoms with Crippen LogP contribution in [0.3, 0.4) is 0 Å². The maximum absolute atomic E-state index is 12.5. The van der Waals surface area contributed by atoms with Gasteiger partial charge < -0.3 is 0 Å². The molecule has 1 heterocycles. The van der Waals surface area contributed by atoms with Crippen molar-refractivity contribution in [3.8, 4) is 0 Å². The second-order valence-corrected chi connectivity index (χ2v) is 18.8. The zero-order valence-corrected chi connectivity index (χ0v) is 20.8. The van der Waals surface area contributed by atoms with Crippen molar-refractivity contribution in [3.05, 3.63) is 48.0 Å². The Morgan fingerprint density at radius 1 is 1.44 bits per heavy atom. The summed E-state index contributed by atoms with van der Waals surface area (Å²) in [6, 6.07) is 6.92. The summed E-state index contributed by atoms with van der Waals surface area (Å²) in [5.74, 6) is -1.34. The molecule has 3 atom stereocenters. The molecular formula is C16H17ClHgN2O4S. The van der Waals surface area contributed by atoms with Crippen molar-refractivity contribution < 1.29 is 40.9 Å². The van der Waals surface area contributed by atoms with Crippen molar-refractivity contribution in [1.82, 2.24) is 4.90 Å². The molecular weight excluding hydrogens is 552 g/mol. The van der Waals surface area contributed by atoms with Gasteiger partial charge in [-0.05, 0) is 0 Å². The number of nitrogens with zero attached hydrogens (tertiary/aromatic N) is 1. The van der Waals surface area contributed by atoms with Crippen molar-refractivity contribution in [2.75, 3.05) is 6.61 Å². The number of hydrogen-bond acceptors (Lipinski definition) is 6. The van der Waals surface area contributed by atoms with Crippen LogP contribution in [-0.4, -0.2) is 46.6 Å². The van der Waals surface area contributed by atoms with Crippen LogP contribution in [0.5, 0.6) is 0 Å². The summed E-state index contributed by atoms with van der Waals surface area (Å²) < 4.78 is 5.14. The van der Waals surface area contributed by atoms with Gasteiger partial charge in [0, 0.05) is 0 Å². The molecule has 0 spiro atoms. The van der Waals surface area contributed by atoms with Gasteiger partial charge in [-0.25, -0.2) is 0 Å². The molecule has 25 heavy (non-hydrogen) atoms. The Bertz CT molecular complexity index is 688. The number of ether oxygens (including phenoxy) is 1.